The first-order valence-corrected chi connectivity index (χ1v) is 8.80. The average Bonchev–Trinajstić information content (AvgIpc) is 2.57. The number of amides is 1. The molecule has 1 aromatic carbocycles. The van der Waals surface area contributed by atoms with Gasteiger partial charge in [0.1, 0.15) is 0 Å². The average molecular weight is 300 g/mol. The molecule has 3 nitrogen and oxygen atoms in total. The van der Waals surface area contributed by atoms with E-state index in [-0.39, 0.29) is 11.3 Å². The molecule has 2 fully saturated rings. The summed E-state index contributed by atoms with van der Waals surface area (Å²) in [4.78, 5) is 13.2. The van der Waals surface area contributed by atoms with Crippen LogP contribution in [0.5, 0.6) is 0 Å². The fourth-order valence-corrected chi connectivity index (χ4v) is 4.17. The second-order valence-electron chi connectivity index (χ2n) is 6.96. The molecule has 1 saturated heterocycles. The van der Waals surface area contributed by atoms with E-state index in [1.165, 1.54) is 17.5 Å². The lowest BCUT2D eigenvalue weighted by molar-refractivity contribution is -0.129. The molecular formula is C19H28N2O. The second kappa shape index (κ2) is 6.82. The Morgan fingerprint density at radius 2 is 1.82 bits per heavy atom. The van der Waals surface area contributed by atoms with Gasteiger partial charge in [-0.2, -0.15) is 0 Å². The van der Waals surface area contributed by atoms with E-state index in [2.05, 4.69) is 41.8 Å². The summed E-state index contributed by atoms with van der Waals surface area (Å²) in [5.74, 6) is 0.272. The minimum atomic E-state index is -0.297. The van der Waals surface area contributed by atoms with Gasteiger partial charge in [-0.15, -0.1) is 0 Å². The molecule has 22 heavy (non-hydrogen) atoms. The van der Waals surface area contributed by atoms with Crippen molar-refractivity contribution in [1.82, 2.24) is 10.6 Å². The van der Waals surface area contributed by atoms with Gasteiger partial charge in [0.05, 0.1) is 5.41 Å². The third-order valence-electron chi connectivity index (χ3n) is 5.48. The summed E-state index contributed by atoms with van der Waals surface area (Å²) >= 11 is 0. The third-order valence-corrected chi connectivity index (χ3v) is 5.48. The van der Waals surface area contributed by atoms with E-state index >= 15 is 0 Å². The maximum Gasteiger partial charge on any atom is 0.230 e. The quantitative estimate of drug-likeness (QED) is 0.901. The fourth-order valence-electron chi connectivity index (χ4n) is 4.17. The van der Waals surface area contributed by atoms with Crippen LogP contribution in [-0.4, -0.2) is 25.0 Å². The zero-order valence-electron chi connectivity index (χ0n) is 13.7. The maximum atomic E-state index is 13.2. The summed E-state index contributed by atoms with van der Waals surface area (Å²) in [5, 5.41) is 6.74. The van der Waals surface area contributed by atoms with Crippen molar-refractivity contribution in [3.05, 3.63) is 35.4 Å². The first-order valence-electron chi connectivity index (χ1n) is 8.80. The number of benzene rings is 1. The van der Waals surface area contributed by atoms with E-state index in [1.54, 1.807) is 0 Å². The number of carbonyl (C=O) groups is 1. The van der Waals surface area contributed by atoms with Gasteiger partial charge in [0.25, 0.3) is 0 Å². The number of rotatable bonds is 3. The highest BCUT2D eigenvalue weighted by atomic mass is 16.2. The van der Waals surface area contributed by atoms with E-state index in [1.807, 2.05) is 0 Å². The van der Waals surface area contributed by atoms with Gasteiger partial charge >= 0.3 is 0 Å². The molecule has 2 aliphatic rings. The minimum absolute atomic E-state index is 0.272. The molecule has 3 heteroatoms. The summed E-state index contributed by atoms with van der Waals surface area (Å²) < 4.78 is 0. The van der Waals surface area contributed by atoms with E-state index < -0.39 is 0 Å². The van der Waals surface area contributed by atoms with E-state index in [9.17, 15) is 4.79 Å². The SMILES string of the molecule is Cc1ccccc1C1(C(=O)NC2CCNCC2)CCCCC1. The van der Waals surface area contributed by atoms with Crippen LogP contribution in [0.2, 0.25) is 0 Å². The van der Waals surface area contributed by atoms with Gasteiger partial charge in [-0.3, -0.25) is 4.79 Å². The van der Waals surface area contributed by atoms with Gasteiger partial charge in [-0.05, 0) is 56.8 Å². The van der Waals surface area contributed by atoms with Crippen molar-refractivity contribution in [2.24, 2.45) is 0 Å². The Morgan fingerprint density at radius 1 is 1.14 bits per heavy atom. The summed E-state index contributed by atoms with van der Waals surface area (Å²) in [6.45, 7) is 4.17. The molecule has 0 atom stereocenters. The van der Waals surface area contributed by atoms with Crippen molar-refractivity contribution in [3.8, 4) is 0 Å². The Labute approximate surface area is 133 Å². The first-order chi connectivity index (χ1) is 10.7. The molecular weight excluding hydrogens is 272 g/mol. The number of hydrogen-bond acceptors (Lipinski definition) is 2. The molecule has 3 rings (SSSR count). The van der Waals surface area contributed by atoms with Gasteiger partial charge in [0, 0.05) is 6.04 Å². The lowest BCUT2D eigenvalue weighted by Crippen LogP contribution is -2.51. The van der Waals surface area contributed by atoms with Crippen molar-refractivity contribution in [2.45, 2.75) is 63.3 Å². The zero-order valence-corrected chi connectivity index (χ0v) is 13.7. The molecule has 1 aliphatic carbocycles. The molecule has 120 valence electrons. The molecule has 0 spiro atoms. The van der Waals surface area contributed by atoms with Gasteiger partial charge in [-0.25, -0.2) is 0 Å². The summed E-state index contributed by atoms with van der Waals surface area (Å²) in [7, 11) is 0. The predicted octanol–water partition coefficient (Wildman–Crippen LogP) is 3.07. The molecule has 1 amide bonds. The smallest absolute Gasteiger partial charge is 0.230 e. The van der Waals surface area contributed by atoms with E-state index in [0.29, 0.717) is 6.04 Å². The number of piperidine rings is 1. The molecule has 1 aromatic rings. The van der Waals surface area contributed by atoms with Gasteiger partial charge < -0.3 is 10.6 Å². The van der Waals surface area contributed by atoms with Crippen LogP contribution in [0.15, 0.2) is 24.3 Å². The Balaban J connectivity index is 1.85. The molecule has 0 radical (unpaired) electrons. The van der Waals surface area contributed by atoms with Gasteiger partial charge in [-0.1, -0.05) is 43.5 Å². The van der Waals surface area contributed by atoms with Crippen molar-refractivity contribution < 1.29 is 4.79 Å². The van der Waals surface area contributed by atoms with Gasteiger partial charge in [0.2, 0.25) is 5.91 Å². The molecule has 1 saturated carbocycles. The predicted molar refractivity (Wildman–Crippen MR) is 90.0 cm³/mol. The molecule has 1 heterocycles. The van der Waals surface area contributed by atoms with Crippen LogP contribution in [0.1, 0.15) is 56.1 Å². The van der Waals surface area contributed by atoms with Crippen molar-refractivity contribution >= 4 is 5.91 Å². The number of nitrogens with one attached hydrogen (secondary N) is 2. The second-order valence-corrected chi connectivity index (χ2v) is 6.96. The highest BCUT2D eigenvalue weighted by Crippen LogP contribution is 2.41. The Hall–Kier alpha value is -1.35. The number of hydrogen-bond donors (Lipinski definition) is 2. The fraction of sp³-hybridized carbons (Fsp3) is 0.632. The Morgan fingerprint density at radius 3 is 2.50 bits per heavy atom. The summed E-state index contributed by atoms with van der Waals surface area (Å²) in [6.07, 6.45) is 7.67. The molecule has 0 bridgehead atoms. The molecule has 2 N–H and O–H groups in total. The summed E-state index contributed by atoms with van der Waals surface area (Å²) in [6, 6.07) is 8.81. The zero-order chi connectivity index (χ0) is 15.4. The van der Waals surface area contributed by atoms with Crippen molar-refractivity contribution in [1.29, 1.82) is 0 Å². The first kappa shape index (κ1) is 15.5. The number of aryl methyl sites for hydroxylation is 1. The van der Waals surface area contributed by atoms with Crippen LogP contribution in [0, 0.1) is 6.92 Å². The largest absolute Gasteiger partial charge is 0.353 e. The highest BCUT2D eigenvalue weighted by Gasteiger charge is 2.42. The van der Waals surface area contributed by atoms with Gasteiger partial charge in [0.15, 0.2) is 0 Å². The normalized spacial score (nSPS) is 22.2. The van der Waals surface area contributed by atoms with Crippen LogP contribution in [-0.2, 0) is 10.2 Å². The Kier molecular flexibility index (Phi) is 4.82. The Bertz CT molecular complexity index is 514. The standard InChI is InChI=1S/C19H28N2O/c1-15-7-3-4-8-17(15)19(11-5-2-6-12-19)18(22)21-16-9-13-20-14-10-16/h3-4,7-8,16,20H,2,5-6,9-14H2,1H3,(H,21,22). The topological polar surface area (TPSA) is 41.1 Å². The summed E-state index contributed by atoms with van der Waals surface area (Å²) in [5.41, 5.74) is 2.21. The van der Waals surface area contributed by atoms with Crippen LogP contribution in [0.25, 0.3) is 0 Å². The number of carbonyl (C=O) groups excluding carboxylic acids is 1. The minimum Gasteiger partial charge on any atom is -0.353 e. The van der Waals surface area contributed by atoms with E-state index in [0.717, 1.165) is 51.6 Å². The molecule has 0 aromatic heterocycles. The lowest BCUT2D eigenvalue weighted by atomic mass is 9.67. The maximum absolute atomic E-state index is 13.2. The highest BCUT2D eigenvalue weighted by molar-refractivity contribution is 5.89. The van der Waals surface area contributed by atoms with E-state index in [4.69, 9.17) is 0 Å². The monoisotopic (exact) mass is 300 g/mol. The van der Waals surface area contributed by atoms with Crippen molar-refractivity contribution in [2.75, 3.05) is 13.1 Å². The lowest BCUT2D eigenvalue weighted by Gasteiger charge is -2.39. The third kappa shape index (κ3) is 3.05. The van der Waals surface area contributed by atoms with Crippen LogP contribution < -0.4 is 10.6 Å². The van der Waals surface area contributed by atoms with Crippen LogP contribution in [0.4, 0.5) is 0 Å². The van der Waals surface area contributed by atoms with Crippen LogP contribution >= 0.6 is 0 Å². The van der Waals surface area contributed by atoms with Crippen molar-refractivity contribution in [3.63, 3.8) is 0 Å². The molecule has 1 aliphatic heterocycles. The molecule has 0 unspecified atom stereocenters. The van der Waals surface area contributed by atoms with Crippen LogP contribution in [0.3, 0.4) is 0 Å².